The van der Waals surface area contributed by atoms with Gasteiger partial charge < -0.3 is 38.7 Å². The monoisotopic (exact) mass is 1800 g/mol. The first kappa shape index (κ1) is 87.6. The normalized spacial score (nSPS) is 17.7. The molecule has 4 aliphatic heterocycles. The van der Waals surface area contributed by atoms with Crippen molar-refractivity contribution in [3.05, 3.63) is 299 Å². The van der Waals surface area contributed by atoms with Gasteiger partial charge in [0, 0.05) is 170 Å². The molecule has 0 radical (unpaired) electrons. The quantitative estimate of drug-likeness (QED) is 0.0322. The van der Waals surface area contributed by atoms with Crippen molar-refractivity contribution in [3.63, 3.8) is 0 Å². The number of carbonyl (C=O) groups excluding carboxylic acids is 2. The van der Waals surface area contributed by atoms with Crippen LogP contribution in [0.25, 0.3) is 33.2 Å². The molecular weight excluding hydrogens is 1710 g/mol. The molecule has 0 saturated carbocycles. The number of H-pyrrole nitrogens is 2. The Morgan fingerprint density at radius 2 is 0.961 bits per heavy atom. The number of aromatic nitrogens is 5. The maximum absolute atomic E-state index is 14.1. The molecule has 7 aromatic carbocycles. The number of pyridine rings is 3. The van der Waals surface area contributed by atoms with E-state index in [1.54, 1.807) is 61.1 Å². The number of benzene rings is 7. The Labute approximate surface area is 751 Å². The number of hydrogen-bond acceptors (Lipinski definition) is 21. The summed E-state index contributed by atoms with van der Waals surface area (Å²) in [5.74, 6) is -0.976. The maximum atomic E-state index is 14.1. The number of sulfonamides is 2. The minimum Gasteiger partial charge on any atom is -0.493 e. The van der Waals surface area contributed by atoms with Crippen LogP contribution in [0.5, 0.6) is 34.5 Å². The lowest BCUT2D eigenvalue weighted by Crippen LogP contribution is -2.47. The van der Waals surface area contributed by atoms with Crippen LogP contribution >= 0.6 is 23.2 Å². The highest BCUT2D eigenvalue weighted by Gasteiger charge is 2.38. The van der Waals surface area contributed by atoms with Gasteiger partial charge in [-0.25, -0.2) is 36.2 Å². The zero-order valence-corrected chi connectivity index (χ0v) is 74.4. The lowest BCUT2D eigenvalue weighted by molar-refractivity contribution is -0.386. The number of rotatable bonds is 24. The molecule has 2 atom stereocenters. The average molecular weight is 1800 g/mol. The number of anilines is 2. The van der Waals surface area contributed by atoms with Crippen LogP contribution in [0.3, 0.4) is 0 Å². The predicted octanol–water partition coefficient (Wildman–Crippen LogP) is 18.6. The van der Waals surface area contributed by atoms with Gasteiger partial charge in [-0.15, -0.1) is 0 Å². The second kappa shape index (κ2) is 37.1. The molecule has 4 N–H and O–H groups in total. The van der Waals surface area contributed by atoms with E-state index in [-0.39, 0.29) is 75.7 Å². The van der Waals surface area contributed by atoms with Gasteiger partial charge in [0.05, 0.1) is 67.5 Å². The molecule has 0 unspecified atom stereocenters. The predicted molar refractivity (Wildman–Crippen MR) is 493 cm³/mol. The number of nitrogens with one attached hydrogen (secondary N) is 4. The van der Waals surface area contributed by atoms with Crippen LogP contribution in [-0.4, -0.2) is 152 Å². The first-order chi connectivity index (χ1) is 61.5. The highest BCUT2D eigenvalue weighted by atomic mass is 35.5. The van der Waals surface area contributed by atoms with Gasteiger partial charge in [0.15, 0.2) is 0 Å². The number of amides is 2. The molecule has 0 bridgehead atoms. The molecule has 12 aromatic rings. The number of piperazine rings is 2. The van der Waals surface area contributed by atoms with Crippen LogP contribution in [0.4, 0.5) is 22.7 Å². The van der Waals surface area contributed by atoms with Gasteiger partial charge in [-0.2, -0.15) is 0 Å². The van der Waals surface area contributed by atoms with E-state index in [2.05, 4.69) is 106 Å². The second-order valence-electron chi connectivity index (χ2n) is 35.3. The second-order valence-corrected chi connectivity index (χ2v) is 39.6. The number of halogens is 2. The molecule has 27 nitrogen and oxygen atoms in total. The van der Waals surface area contributed by atoms with Crippen LogP contribution < -0.4 is 38.2 Å². The number of fused-ring (bicyclic) bond motifs is 4. The molecule has 128 heavy (non-hydrogen) atoms. The summed E-state index contributed by atoms with van der Waals surface area (Å²) in [6.07, 6.45) is 16.4. The number of allylic oxidation sites excluding steroid dienone is 2. The molecule has 660 valence electrons. The lowest BCUT2D eigenvalue weighted by atomic mass is 9.72. The lowest BCUT2D eigenvalue weighted by Gasteiger charge is -2.39. The Morgan fingerprint density at radius 3 is 1.39 bits per heavy atom. The van der Waals surface area contributed by atoms with E-state index in [1.165, 1.54) is 64.0 Å². The van der Waals surface area contributed by atoms with Gasteiger partial charge in [0.1, 0.15) is 45.8 Å². The molecule has 2 fully saturated rings. The van der Waals surface area contributed by atoms with Gasteiger partial charge >= 0.3 is 0 Å². The topological polar surface area (TPSA) is 333 Å². The molecule has 9 heterocycles. The number of hydrogen-bond donors (Lipinski definition) is 4. The molecule has 6 aliphatic rings. The molecule has 2 aliphatic carbocycles. The molecule has 5 aromatic heterocycles. The Balaban J connectivity index is 0.000000180. The molecular formula is C97H97Cl2N13O14S2. The molecule has 0 spiro atoms. The van der Waals surface area contributed by atoms with E-state index < -0.39 is 57.2 Å². The van der Waals surface area contributed by atoms with Gasteiger partial charge in [-0.3, -0.25) is 44.6 Å². The van der Waals surface area contributed by atoms with Gasteiger partial charge in [-0.1, -0.05) is 123 Å². The van der Waals surface area contributed by atoms with E-state index in [1.807, 2.05) is 84.9 Å². The number of carbonyl (C=O) groups is 2. The standard InChI is InChI=1S/C49H49ClN6O7S.C48H48ClN7O7S/c1-49(2)16-14-36(43(28-49)34-8-10-37(50)11-9-34)30-54-18-20-55(21-19-54)38-12-13-41(46(25-38)63-39-24-35-15-17-51-47(35)52-29-39)48(57)53-64(60,61)40-26-44(56(58)59)42-23-33(31-62-45(42)27-40)22-32-6-4-3-5-7-32;1-48(2)14-12-34(42(27-48)32-6-8-35(49)9-7-32)29-54-17-19-55(20-18-54)37-10-11-40(45(24-37)63-38-23-33-13-16-51-46(33)52-28-38)47(57)53-64(60,61)39-25-43(56(58)59)41-22-31(30-62-44(41)26-39)21-36-5-3-4-15-50-36/h3-13,15,17,24-27,29,33H,14,16,18-23,28,30-31H2,1-2H3,(H,51,52)(H,53,57);3-11,13,15-16,23-26,28,31H,12,14,17-22,27,29-30H2,1-2H3,(H,51,52)(H,53,57)/t33-;31-/m11/s1. The van der Waals surface area contributed by atoms with Crippen molar-refractivity contribution in [2.75, 3.05) is 88.5 Å². The largest absolute Gasteiger partial charge is 0.493 e. The van der Waals surface area contributed by atoms with Crippen molar-refractivity contribution < 1.29 is 55.2 Å². The van der Waals surface area contributed by atoms with E-state index in [0.29, 0.717) is 72.7 Å². The van der Waals surface area contributed by atoms with E-state index >= 15 is 0 Å². The van der Waals surface area contributed by atoms with E-state index in [9.17, 15) is 46.7 Å². The third-order valence-electron chi connectivity index (χ3n) is 25.0. The van der Waals surface area contributed by atoms with Crippen LogP contribution in [0, 0.1) is 42.9 Å². The maximum Gasteiger partial charge on any atom is 0.277 e. The fourth-order valence-electron chi connectivity index (χ4n) is 18.1. The molecule has 2 saturated heterocycles. The van der Waals surface area contributed by atoms with Gasteiger partial charge in [-0.05, 0) is 188 Å². The average Bonchev–Trinajstić information content (AvgIpc) is 0.844. The summed E-state index contributed by atoms with van der Waals surface area (Å²) in [6, 6.07) is 53.5. The van der Waals surface area contributed by atoms with Crippen molar-refractivity contribution in [2.45, 2.75) is 102 Å². The summed E-state index contributed by atoms with van der Waals surface area (Å²) in [5.41, 5.74) is 13.2. The van der Waals surface area contributed by atoms with Crippen molar-refractivity contribution in [2.24, 2.45) is 22.7 Å². The number of ether oxygens (including phenoxy) is 4. The Bertz CT molecular complexity index is 6140. The third kappa shape index (κ3) is 20.4. The SMILES string of the molecule is CC1(C)CCC(CN2CCN(c3ccc(C(=O)NS(=O)(=O)c4cc5c(c([N+](=O)[O-])c4)C[C@@H](Cc4ccccc4)CO5)c(Oc4cnc5[nH]ccc5c4)c3)CC2)=C(c2ccc(Cl)cc2)C1.CC1(C)CCC(CN2CCN(c3ccc(C(=O)NS(=O)(=O)c4cc5c(c([N+](=O)[O-])c4)C[C@@H](Cc4ccccn4)CO5)c(Oc4cnc5[nH]ccc5c4)c3)CC2)=C(c2ccc(Cl)cc2)C1. The summed E-state index contributed by atoms with van der Waals surface area (Å²) in [4.78, 5) is 79.4. The summed E-state index contributed by atoms with van der Waals surface area (Å²) >= 11 is 12.5. The summed E-state index contributed by atoms with van der Waals surface area (Å²) in [7, 11) is -9.27. The van der Waals surface area contributed by atoms with Crippen molar-refractivity contribution in [1.29, 1.82) is 0 Å². The number of nitro groups is 2. The number of aromatic amines is 2. The number of nitrogens with zero attached hydrogens (tertiary/aromatic N) is 9. The highest BCUT2D eigenvalue weighted by molar-refractivity contribution is 7.90. The molecule has 31 heteroatoms. The minimum absolute atomic E-state index is 0.0461. The fraction of sp³-hybridized carbons (Fsp3) is 0.309. The zero-order chi connectivity index (χ0) is 89.2. The fourth-order valence-corrected chi connectivity index (χ4v) is 20.3. The van der Waals surface area contributed by atoms with Crippen LogP contribution in [0.2, 0.25) is 10.0 Å². The molecule has 2 amide bonds. The van der Waals surface area contributed by atoms with Crippen molar-refractivity contribution >= 4 is 111 Å². The first-order valence-corrected chi connectivity index (χ1v) is 46.6. The summed E-state index contributed by atoms with van der Waals surface area (Å²) in [5, 5.41) is 27.7. The summed E-state index contributed by atoms with van der Waals surface area (Å²) < 4.78 is 84.5. The smallest absolute Gasteiger partial charge is 0.277 e. The Kier molecular flexibility index (Phi) is 25.3. The van der Waals surface area contributed by atoms with Crippen molar-refractivity contribution in [3.8, 4) is 34.5 Å². The van der Waals surface area contributed by atoms with Crippen LogP contribution in [0.15, 0.2) is 234 Å². The van der Waals surface area contributed by atoms with Crippen molar-refractivity contribution in [1.82, 2.24) is 44.2 Å². The highest BCUT2D eigenvalue weighted by Crippen LogP contribution is 2.47. The third-order valence-corrected chi connectivity index (χ3v) is 28.1. The Hall–Kier alpha value is -12.5. The number of nitro benzene ring substituents is 2. The van der Waals surface area contributed by atoms with E-state index in [4.69, 9.17) is 42.1 Å². The van der Waals surface area contributed by atoms with Crippen LogP contribution in [0.1, 0.15) is 120 Å². The van der Waals surface area contributed by atoms with E-state index in [0.717, 1.165) is 146 Å². The van der Waals surface area contributed by atoms with Crippen LogP contribution in [-0.2, 0) is 45.7 Å². The summed E-state index contributed by atoms with van der Waals surface area (Å²) in [6.45, 7) is 17.7. The van der Waals surface area contributed by atoms with Gasteiger partial charge in [0.2, 0.25) is 0 Å². The van der Waals surface area contributed by atoms with Gasteiger partial charge in [0.25, 0.3) is 43.2 Å². The first-order valence-electron chi connectivity index (χ1n) is 42.9. The minimum atomic E-state index is -4.64. The molecule has 18 rings (SSSR count). The zero-order valence-electron chi connectivity index (χ0n) is 71.2. The Morgan fingerprint density at radius 1 is 0.523 bits per heavy atom.